The molecular weight excluding hydrogens is 264 g/mol. The number of carbonyl (C=O) groups is 1. The first-order chi connectivity index (χ1) is 10.2. The van der Waals surface area contributed by atoms with E-state index in [1.807, 2.05) is 38.2 Å². The molecule has 0 atom stereocenters. The first kappa shape index (κ1) is 13.3. The molecule has 0 unspecified atom stereocenters. The average molecular weight is 280 g/mol. The second-order valence-corrected chi connectivity index (χ2v) is 4.90. The summed E-state index contributed by atoms with van der Waals surface area (Å²) in [7, 11) is 0. The molecule has 0 aliphatic carbocycles. The van der Waals surface area contributed by atoms with E-state index in [4.69, 9.17) is 0 Å². The highest BCUT2D eigenvalue weighted by Crippen LogP contribution is 2.18. The van der Waals surface area contributed by atoms with Gasteiger partial charge in [-0.15, -0.1) is 0 Å². The van der Waals surface area contributed by atoms with Crippen LogP contribution >= 0.6 is 0 Å². The topological polar surface area (TPSA) is 59.8 Å². The number of nitrogens with one attached hydrogen (secondary N) is 1. The molecule has 1 aromatic carbocycles. The summed E-state index contributed by atoms with van der Waals surface area (Å²) in [6.07, 6.45) is 5.23. The maximum Gasteiger partial charge on any atom is 0.255 e. The fraction of sp³-hybridized carbons (Fsp3) is 0.188. The van der Waals surface area contributed by atoms with Crippen LogP contribution < -0.4 is 5.32 Å². The largest absolute Gasteiger partial charge is 0.319 e. The van der Waals surface area contributed by atoms with Crippen molar-refractivity contribution < 1.29 is 4.79 Å². The van der Waals surface area contributed by atoms with E-state index in [1.54, 1.807) is 23.1 Å². The van der Waals surface area contributed by atoms with Gasteiger partial charge in [0.05, 0.1) is 17.4 Å². The van der Waals surface area contributed by atoms with Gasteiger partial charge in [-0.25, -0.2) is 0 Å². The summed E-state index contributed by atoms with van der Waals surface area (Å²) in [6, 6.07) is 7.47. The molecule has 0 spiro atoms. The maximum absolute atomic E-state index is 12.3. The van der Waals surface area contributed by atoms with Crippen LogP contribution in [0.3, 0.4) is 0 Å². The Morgan fingerprint density at radius 1 is 1.33 bits per heavy atom. The number of amides is 1. The third-order valence-corrected chi connectivity index (χ3v) is 3.44. The number of pyridine rings is 1. The van der Waals surface area contributed by atoms with Crippen molar-refractivity contribution in [3.05, 3.63) is 54.0 Å². The monoisotopic (exact) mass is 280 g/mol. The SMILES string of the molecule is CCn1cc(NC(=O)c2ccc3nccc(C)c3c2)cn1. The molecule has 1 N–H and O–H groups in total. The summed E-state index contributed by atoms with van der Waals surface area (Å²) in [4.78, 5) is 16.6. The van der Waals surface area contributed by atoms with Crippen molar-refractivity contribution in [2.75, 3.05) is 5.32 Å². The van der Waals surface area contributed by atoms with E-state index in [2.05, 4.69) is 15.4 Å². The summed E-state index contributed by atoms with van der Waals surface area (Å²) in [5, 5.41) is 7.99. The third kappa shape index (κ3) is 2.63. The Hall–Kier alpha value is -2.69. The Morgan fingerprint density at radius 2 is 2.19 bits per heavy atom. The van der Waals surface area contributed by atoms with Gasteiger partial charge < -0.3 is 5.32 Å². The van der Waals surface area contributed by atoms with E-state index < -0.39 is 0 Å². The molecule has 2 aromatic heterocycles. The lowest BCUT2D eigenvalue weighted by atomic mass is 10.1. The molecule has 2 heterocycles. The van der Waals surface area contributed by atoms with Gasteiger partial charge in [-0.3, -0.25) is 14.5 Å². The van der Waals surface area contributed by atoms with Crippen LogP contribution in [0.15, 0.2) is 42.9 Å². The van der Waals surface area contributed by atoms with Crippen LogP contribution in [-0.2, 0) is 6.54 Å². The molecule has 0 saturated heterocycles. The molecule has 0 aliphatic rings. The minimum absolute atomic E-state index is 0.143. The van der Waals surface area contributed by atoms with Crippen molar-refractivity contribution in [2.45, 2.75) is 20.4 Å². The normalized spacial score (nSPS) is 10.8. The number of benzene rings is 1. The van der Waals surface area contributed by atoms with E-state index in [0.717, 1.165) is 23.0 Å². The van der Waals surface area contributed by atoms with Crippen molar-refractivity contribution in [1.29, 1.82) is 0 Å². The molecule has 3 rings (SSSR count). The molecule has 0 saturated carbocycles. The van der Waals surface area contributed by atoms with Gasteiger partial charge in [-0.2, -0.15) is 5.10 Å². The molecule has 1 amide bonds. The zero-order chi connectivity index (χ0) is 14.8. The summed E-state index contributed by atoms with van der Waals surface area (Å²) >= 11 is 0. The number of nitrogens with zero attached hydrogens (tertiary/aromatic N) is 3. The lowest BCUT2D eigenvalue weighted by molar-refractivity contribution is 0.102. The Balaban J connectivity index is 1.89. The van der Waals surface area contributed by atoms with Gasteiger partial charge in [-0.05, 0) is 43.7 Å². The van der Waals surface area contributed by atoms with Gasteiger partial charge in [0.2, 0.25) is 0 Å². The Labute approximate surface area is 122 Å². The lowest BCUT2D eigenvalue weighted by Gasteiger charge is -2.05. The number of carbonyl (C=O) groups excluding carboxylic acids is 1. The number of aryl methyl sites for hydroxylation is 2. The molecule has 5 heteroatoms. The number of aromatic nitrogens is 3. The number of anilines is 1. The lowest BCUT2D eigenvalue weighted by Crippen LogP contribution is -2.11. The van der Waals surface area contributed by atoms with Crippen molar-refractivity contribution in [1.82, 2.24) is 14.8 Å². The number of hydrogen-bond acceptors (Lipinski definition) is 3. The molecule has 21 heavy (non-hydrogen) atoms. The van der Waals surface area contributed by atoms with Gasteiger partial charge in [0.25, 0.3) is 5.91 Å². The molecular formula is C16H16N4O. The average Bonchev–Trinajstić information content (AvgIpc) is 2.95. The summed E-state index contributed by atoms with van der Waals surface area (Å²) in [5.41, 5.74) is 3.31. The quantitative estimate of drug-likeness (QED) is 0.802. The van der Waals surface area contributed by atoms with Gasteiger partial charge in [0.1, 0.15) is 0 Å². The molecule has 0 aliphatic heterocycles. The molecule has 106 valence electrons. The zero-order valence-corrected chi connectivity index (χ0v) is 12.0. The number of hydrogen-bond donors (Lipinski definition) is 1. The van der Waals surface area contributed by atoms with Crippen molar-refractivity contribution >= 4 is 22.5 Å². The van der Waals surface area contributed by atoms with Gasteiger partial charge in [-0.1, -0.05) is 0 Å². The molecule has 0 bridgehead atoms. The predicted octanol–water partition coefficient (Wildman–Crippen LogP) is 3.01. The van der Waals surface area contributed by atoms with Crippen LogP contribution in [-0.4, -0.2) is 20.7 Å². The van der Waals surface area contributed by atoms with E-state index in [-0.39, 0.29) is 5.91 Å². The number of fused-ring (bicyclic) bond motifs is 1. The van der Waals surface area contributed by atoms with Gasteiger partial charge in [0.15, 0.2) is 0 Å². The second-order valence-electron chi connectivity index (χ2n) is 4.90. The van der Waals surface area contributed by atoms with Crippen LogP contribution in [0.4, 0.5) is 5.69 Å². The highest BCUT2D eigenvalue weighted by molar-refractivity contribution is 6.06. The van der Waals surface area contributed by atoms with Crippen LogP contribution in [0.25, 0.3) is 10.9 Å². The highest BCUT2D eigenvalue weighted by atomic mass is 16.1. The van der Waals surface area contributed by atoms with Crippen LogP contribution in [0, 0.1) is 6.92 Å². The molecule has 0 radical (unpaired) electrons. The van der Waals surface area contributed by atoms with E-state index in [9.17, 15) is 4.79 Å². The van der Waals surface area contributed by atoms with Crippen LogP contribution in [0.5, 0.6) is 0 Å². The minimum atomic E-state index is -0.143. The Morgan fingerprint density at radius 3 is 2.95 bits per heavy atom. The first-order valence-electron chi connectivity index (χ1n) is 6.86. The fourth-order valence-corrected chi connectivity index (χ4v) is 2.23. The molecule has 3 aromatic rings. The highest BCUT2D eigenvalue weighted by Gasteiger charge is 2.09. The maximum atomic E-state index is 12.3. The van der Waals surface area contributed by atoms with Gasteiger partial charge >= 0.3 is 0 Å². The van der Waals surface area contributed by atoms with E-state index >= 15 is 0 Å². The second kappa shape index (κ2) is 5.36. The van der Waals surface area contributed by atoms with E-state index in [0.29, 0.717) is 11.3 Å². The summed E-state index contributed by atoms with van der Waals surface area (Å²) in [6.45, 7) is 4.78. The zero-order valence-electron chi connectivity index (χ0n) is 12.0. The Bertz CT molecular complexity index is 807. The first-order valence-corrected chi connectivity index (χ1v) is 6.86. The molecule has 5 nitrogen and oxygen atoms in total. The summed E-state index contributed by atoms with van der Waals surface area (Å²) in [5.74, 6) is -0.143. The van der Waals surface area contributed by atoms with Crippen LogP contribution in [0.2, 0.25) is 0 Å². The standard InChI is InChI=1S/C16H16N4O/c1-3-20-10-13(9-18-20)19-16(21)12-4-5-15-14(8-12)11(2)6-7-17-15/h4-10H,3H2,1-2H3,(H,19,21). The van der Waals surface area contributed by atoms with Gasteiger partial charge in [0, 0.05) is 29.9 Å². The predicted molar refractivity (Wildman–Crippen MR) is 82.3 cm³/mol. The van der Waals surface area contributed by atoms with Crippen molar-refractivity contribution in [2.24, 2.45) is 0 Å². The number of rotatable bonds is 3. The fourth-order valence-electron chi connectivity index (χ4n) is 2.23. The third-order valence-electron chi connectivity index (χ3n) is 3.44. The van der Waals surface area contributed by atoms with Crippen molar-refractivity contribution in [3.8, 4) is 0 Å². The molecule has 0 fully saturated rings. The van der Waals surface area contributed by atoms with E-state index in [1.165, 1.54) is 0 Å². The van der Waals surface area contributed by atoms with Crippen LogP contribution in [0.1, 0.15) is 22.8 Å². The summed E-state index contributed by atoms with van der Waals surface area (Å²) < 4.78 is 1.77. The van der Waals surface area contributed by atoms with Crippen molar-refractivity contribution in [3.63, 3.8) is 0 Å². The smallest absolute Gasteiger partial charge is 0.255 e. The Kier molecular flexibility index (Phi) is 3.39. The minimum Gasteiger partial charge on any atom is -0.319 e.